The first-order valence-electron chi connectivity index (χ1n) is 6.54. The molecule has 19 heavy (non-hydrogen) atoms. The van der Waals surface area contributed by atoms with Crippen LogP contribution in [0, 0.1) is 0 Å². The average Bonchev–Trinajstić information content (AvgIpc) is 2.38. The smallest absolute Gasteiger partial charge is 0.253 e. The van der Waals surface area contributed by atoms with Crippen molar-refractivity contribution in [2.45, 2.75) is 26.3 Å². The van der Waals surface area contributed by atoms with Crippen LogP contribution in [0.25, 0.3) is 0 Å². The van der Waals surface area contributed by atoms with Gasteiger partial charge in [0, 0.05) is 24.5 Å². The van der Waals surface area contributed by atoms with E-state index in [2.05, 4.69) is 24.5 Å². The summed E-state index contributed by atoms with van der Waals surface area (Å²) in [5.74, 6) is 2.15. The van der Waals surface area contributed by atoms with Crippen LogP contribution in [0.2, 0.25) is 0 Å². The van der Waals surface area contributed by atoms with Crippen LogP contribution in [0.5, 0.6) is 0 Å². The Hall–Kier alpha value is -1.36. The van der Waals surface area contributed by atoms with Crippen molar-refractivity contribution in [2.75, 3.05) is 29.6 Å². The summed E-state index contributed by atoms with van der Waals surface area (Å²) in [4.78, 5) is 11.8. The fraction of sp³-hybridized carbons (Fsp3) is 0.500. The largest absolute Gasteiger partial charge is 0.399 e. The zero-order chi connectivity index (χ0) is 14.3. The van der Waals surface area contributed by atoms with Gasteiger partial charge in [-0.2, -0.15) is 11.8 Å². The number of hydrogen-bond acceptors (Lipinski definition) is 4. The van der Waals surface area contributed by atoms with Gasteiger partial charge in [0.25, 0.3) is 5.91 Å². The Balaban J connectivity index is 2.75. The highest BCUT2D eigenvalue weighted by atomic mass is 32.2. The summed E-state index contributed by atoms with van der Waals surface area (Å²) >= 11 is 1.92. The molecule has 1 atom stereocenters. The molecule has 1 amide bonds. The van der Waals surface area contributed by atoms with E-state index >= 15 is 0 Å². The van der Waals surface area contributed by atoms with Crippen molar-refractivity contribution in [2.24, 2.45) is 0 Å². The minimum Gasteiger partial charge on any atom is -0.399 e. The van der Waals surface area contributed by atoms with Gasteiger partial charge in [-0.15, -0.1) is 0 Å². The van der Waals surface area contributed by atoms with Crippen molar-refractivity contribution in [3.63, 3.8) is 0 Å². The maximum atomic E-state index is 11.8. The van der Waals surface area contributed by atoms with Crippen LogP contribution in [0.15, 0.2) is 18.2 Å². The van der Waals surface area contributed by atoms with Crippen LogP contribution in [0.4, 0.5) is 11.4 Å². The number of carbonyl (C=O) groups excluding carboxylic acids is 1. The molecule has 5 heteroatoms. The SMILES string of the molecule is CCSCCC(C)Nc1cc(N)ccc1C(=O)NC. The van der Waals surface area contributed by atoms with Crippen molar-refractivity contribution in [3.8, 4) is 0 Å². The standard InChI is InChI=1S/C14H23N3OS/c1-4-19-8-7-10(2)17-13-9-11(15)5-6-12(13)14(18)16-3/h5-6,9-10,17H,4,7-8,15H2,1-3H3,(H,16,18). The molecule has 0 saturated heterocycles. The second-order valence-corrected chi connectivity index (χ2v) is 5.81. The van der Waals surface area contributed by atoms with Crippen LogP contribution < -0.4 is 16.4 Å². The summed E-state index contributed by atoms with van der Waals surface area (Å²) in [6.07, 6.45) is 1.06. The third-order valence-corrected chi connectivity index (χ3v) is 3.75. The molecule has 1 aromatic rings. The number of nitrogens with two attached hydrogens (primary N) is 1. The Morgan fingerprint density at radius 3 is 2.84 bits per heavy atom. The van der Waals surface area contributed by atoms with Crippen LogP contribution in [0.1, 0.15) is 30.6 Å². The lowest BCUT2D eigenvalue weighted by molar-refractivity contribution is 0.0964. The Labute approximate surface area is 119 Å². The lowest BCUT2D eigenvalue weighted by Gasteiger charge is -2.18. The fourth-order valence-corrected chi connectivity index (χ4v) is 2.56. The molecule has 0 aliphatic heterocycles. The van der Waals surface area contributed by atoms with E-state index in [1.807, 2.05) is 17.8 Å². The molecule has 0 aliphatic rings. The van der Waals surface area contributed by atoms with Crippen LogP contribution in [-0.2, 0) is 0 Å². The molecule has 1 unspecified atom stereocenters. The quantitative estimate of drug-likeness (QED) is 0.531. The number of nitrogen functional groups attached to an aromatic ring is 1. The van der Waals surface area contributed by atoms with E-state index in [0.29, 0.717) is 17.3 Å². The van der Waals surface area contributed by atoms with E-state index < -0.39 is 0 Å². The van der Waals surface area contributed by atoms with E-state index in [1.165, 1.54) is 0 Å². The molecule has 0 spiro atoms. The van der Waals surface area contributed by atoms with E-state index in [9.17, 15) is 4.79 Å². The number of anilines is 2. The number of thioether (sulfide) groups is 1. The van der Waals surface area contributed by atoms with Crippen molar-refractivity contribution in [1.29, 1.82) is 0 Å². The van der Waals surface area contributed by atoms with Gasteiger partial charge in [0.05, 0.1) is 5.56 Å². The van der Waals surface area contributed by atoms with Crippen molar-refractivity contribution < 1.29 is 4.79 Å². The van der Waals surface area contributed by atoms with E-state index in [1.54, 1.807) is 19.2 Å². The summed E-state index contributed by atoms with van der Waals surface area (Å²) in [5.41, 5.74) is 7.88. The first-order valence-corrected chi connectivity index (χ1v) is 7.69. The average molecular weight is 281 g/mol. The second kappa shape index (κ2) is 7.94. The summed E-state index contributed by atoms with van der Waals surface area (Å²) in [7, 11) is 1.63. The fourth-order valence-electron chi connectivity index (χ4n) is 1.76. The Morgan fingerprint density at radius 2 is 2.21 bits per heavy atom. The van der Waals surface area contributed by atoms with Gasteiger partial charge in [0.1, 0.15) is 0 Å². The lowest BCUT2D eigenvalue weighted by atomic mass is 10.1. The first-order chi connectivity index (χ1) is 9.08. The molecule has 0 fully saturated rings. The van der Waals surface area contributed by atoms with Gasteiger partial charge in [-0.3, -0.25) is 4.79 Å². The van der Waals surface area contributed by atoms with Crippen LogP contribution >= 0.6 is 11.8 Å². The van der Waals surface area contributed by atoms with E-state index in [-0.39, 0.29) is 5.91 Å². The number of carbonyl (C=O) groups is 1. The van der Waals surface area contributed by atoms with Crippen LogP contribution in [0.3, 0.4) is 0 Å². The van der Waals surface area contributed by atoms with Gasteiger partial charge in [-0.05, 0) is 43.0 Å². The minimum atomic E-state index is -0.0994. The van der Waals surface area contributed by atoms with Gasteiger partial charge in [0.15, 0.2) is 0 Å². The Kier molecular flexibility index (Phi) is 6.56. The molecule has 4 nitrogen and oxygen atoms in total. The number of amides is 1. The maximum absolute atomic E-state index is 11.8. The predicted octanol–water partition coefficient (Wildman–Crippen LogP) is 2.57. The van der Waals surface area contributed by atoms with Gasteiger partial charge in [-0.25, -0.2) is 0 Å². The minimum absolute atomic E-state index is 0.0994. The normalized spacial score (nSPS) is 11.9. The highest BCUT2D eigenvalue weighted by Crippen LogP contribution is 2.21. The molecule has 0 bridgehead atoms. The summed E-state index contributed by atoms with van der Waals surface area (Å²) in [6.45, 7) is 4.28. The number of rotatable bonds is 7. The molecule has 4 N–H and O–H groups in total. The molecule has 0 aliphatic carbocycles. The Morgan fingerprint density at radius 1 is 1.47 bits per heavy atom. The summed E-state index contributed by atoms with van der Waals surface area (Å²) in [5, 5.41) is 6.01. The van der Waals surface area contributed by atoms with Gasteiger partial charge >= 0.3 is 0 Å². The number of hydrogen-bond donors (Lipinski definition) is 3. The lowest BCUT2D eigenvalue weighted by Crippen LogP contribution is -2.23. The Bertz CT molecular complexity index is 423. The molecule has 0 saturated carbocycles. The third-order valence-electron chi connectivity index (χ3n) is 2.82. The van der Waals surface area contributed by atoms with Crippen LogP contribution in [-0.4, -0.2) is 30.5 Å². The zero-order valence-electron chi connectivity index (χ0n) is 11.8. The van der Waals surface area contributed by atoms with Gasteiger partial charge in [0.2, 0.25) is 0 Å². The molecular formula is C14H23N3OS. The van der Waals surface area contributed by atoms with E-state index in [0.717, 1.165) is 23.6 Å². The zero-order valence-corrected chi connectivity index (χ0v) is 12.6. The first kappa shape index (κ1) is 15.7. The van der Waals surface area contributed by atoms with E-state index in [4.69, 9.17) is 5.73 Å². The highest BCUT2D eigenvalue weighted by Gasteiger charge is 2.12. The molecule has 1 rings (SSSR count). The summed E-state index contributed by atoms with van der Waals surface area (Å²) < 4.78 is 0. The van der Waals surface area contributed by atoms with Crippen molar-refractivity contribution in [1.82, 2.24) is 5.32 Å². The molecule has 0 heterocycles. The maximum Gasteiger partial charge on any atom is 0.253 e. The molecule has 106 valence electrons. The topological polar surface area (TPSA) is 67.1 Å². The van der Waals surface area contributed by atoms with Gasteiger partial charge in [-0.1, -0.05) is 6.92 Å². The number of nitrogens with one attached hydrogen (secondary N) is 2. The highest BCUT2D eigenvalue weighted by molar-refractivity contribution is 7.99. The molecule has 1 aromatic carbocycles. The van der Waals surface area contributed by atoms with Crippen molar-refractivity contribution in [3.05, 3.63) is 23.8 Å². The van der Waals surface area contributed by atoms with Crippen molar-refractivity contribution >= 4 is 29.0 Å². The number of benzene rings is 1. The summed E-state index contributed by atoms with van der Waals surface area (Å²) in [6, 6.07) is 5.62. The predicted molar refractivity (Wildman–Crippen MR) is 84.9 cm³/mol. The molecule has 0 radical (unpaired) electrons. The molecule has 0 aromatic heterocycles. The second-order valence-electron chi connectivity index (χ2n) is 4.42. The van der Waals surface area contributed by atoms with Gasteiger partial charge < -0.3 is 16.4 Å². The monoisotopic (exact) mass is 281 g/mol. The third kappa shape index (κ3) is 5.03. The molecular weight excluding hydrogens is 258 g/mol.